The Kier molecular flexibility index (Phi) is 5.26. The fourth-order valence-corrected chi connectivity index (χ4v) is 2.58. The minimum absolute atomic E-state index is 0.781. The van der Waals surface area contributed by atoms with Gasteiger partial charge < -0.3 is 9.47 Å². The van der Waals surface area contributed by atoms with Crippen molar-refractivity contribution in [2.45, 2.75) is 0 Å². The molecule has 0 saturated heterocycles. The van der Waals surface area contributed by atoms with Gasteiger partial charge in [0, 0.05) is 0 Å². The monoisotopic (exact) mass is 350 g/mol. The first-order valence-electron chi connectivity index (χ1n) is 8.10. The van der Waals surface area contributed by atoms with Crippen LogP contribution in [0.1, 0.15) is 0 Å². The number of methoxy groups -OCH3 is 2. The molecule has 134 valence electrons. The van der Waals surface area contributed by atoms with Gasteiger partial charge in [0.2, 0.25) is 0 Å². The van der Waals surface area contributed by atoms with Gasteiger partial charge in [0.05, 0.1) is 37.0 Å². The van der Waals surface area contributed by atoms with Gasteiger partial charge >= 0.3 is 0 Å². The van der Waals surface area contributed by atoms with Crippen molar-refractivity contribution in [2.24, 2.45) is 11.7 Å². The molecule has 0 spiro atoms. The Hall–Kier alpha value is -3.22. The number of nitrogens with zero attached hydrogens (tertiary/aromatic N) is 2. The van der Waals surface area contributed by atoms with E-state index in [-0.39, 0.29) is 0 Å². The second-order valence-electron chi connectivity index (χ2n) is 5.66. The van der Waals surface area contributed by atoms with Gasteiger partial charge in [-0.05, 0) is 66.7 Å². The molecular weight excluding hydrogens is 328 g/mol. The van der Waals surface area contributed by atoms with E-state index in [1.807, 2.05) is 72.8 Å². The summed E-state index contributed by atoms with van der Waals surface area (Å²) in [6.45, 7) is 0. The summed E-state index contributed by atoms with van der Waals surface area (Å²) < 4.78 is 10.4. The fraction of sp³-hybridized carbons (Fsp3) is 0.100. The number of rotatable bonds is 6. The molecule has 3 aromatic carbocycles. The Bertz CT molecular complexity index is 782. The van der Waals surface area contributed by atoms with Crippen molar-refractivity contribution in [1.82, 2.24) is 0 Å². The molecule has 0 aliphatic carbocycles. The molecule has 6 nitrogen and oxygen atoms in total. The minimum atomic E-state index is 0.781. The maximum atomic E-state index is 6.27. The molecule has 0 aromatic heterocycles. The van der Waals surface area contributed by atoms with Crippen LogP contribution < -0.4 is 31.2 Å². The first-order chi connectivity index (χ1) is 12.6. The fourth-order valence-electron chi connectivity index (χ4n) is 2.58. The van der Waals surface area contributed by atoms with Crippen molar-refractivity contribution in [2.75, 3.05) is 24.2 Å². The summed E-state index contributed by atoms with van der Waals surface area (Å²) in [6.07, 6.45) is 0. The van der Waals surface area contributed by atoms with Gasteiger partial charge in [0.25, 0.3) is 0 Å². The lowest BCUT2D eigenvalue weighted by Crippen LogP contribution is -2.27. The van der Waals surface area contributed by atoms with Gasteiger partial charge in [-0.2, -0.15) is 0 Å². The molecule has 0 unspecified atom stereocenters. The predicted octanol–water partition coefficient (Wildman–Crippen LogP) is 3.73. The molecule has 3 aromatic rings. The van der Waals surface area contributed by atoms with Crippen LogP contribution in [-0.2, 0) is 0 Å². The number of ether oxygens (including phenoxy) is 2. The molecule has 4 N–H and O–H groups in total. The Morgan fingerprint density at radius 1 is 0.577 bits per heavy atom. The summed E-state index contributed by atoms with van der Waals surface area (Å²) in [5.74, 6) is 14.1. The zero-order valence-electron chi connectivity index (χ0n) is 14.8. The number of benzene rings is 3. The normalized spacial score (nSPS) is 10.3. The van der Waals surface area contributed by atoms with Crippen LogP contribution in [0.25, 0.3) is 0 Å². The third-order valence-corrected chi connectivity index (χ3v) is 4.09. The predicted molar refractivity (Wildman–Crippen MR) is 105 cm³/mol. The van der Waals surface area contributed by atoms with Crippen LogP contribution in [-0.4, -0.2) is 14.2 Å². The summed E-state index contributed by atoms with van der Waals surface area (Å²) in [6, 6.07) is 22.8. The van der Waals surface area contributed by atoms with Crippen LogP contribution in [0.3, 0.4) is 0 Å². The molecule has 0 aliphatic rings. The highest BCUT2D eigenvalue weighted by Gasteiger charge is 2.10. The topological polar surface area (TPSA) is 77.0 Å². The molecule has 26 heavy (non-hydrogen) atoms. The van der Waals surface area contributed by atoms with Crippen molar-refractivity contribution in [3.8, 4) is 11.5 Å². The largest absolute Gasteiger partial charge is 0.497 e. The molecule has 0 amide bonds. The summed E-state index contributed by atoms with van der Waals surface area (Å²) in [7, 11) is 3.27. The first kappa shape index (κ1) is 17.6. The van der Waals surface area contributed by atoms with Crippen molar-refractivity contribution >= 4 is 22.7 Å². The van der Waals surface area contributed by atoms with Gasteiger partial charge in [-0.25, -0.2) is 11.7 Å². The lowest BCUT2D eigenvalue weighted by atomic mass is 10.2. The molecular formula is C20H22N4O2. The van der Waals surface area contributed by atoms with E-state index < -0.39 is 0 Å². The molecule has 0 aliphatic heterocycles. The van der Waals surface area contributed by atoms with Crippen molar-refractivity contribution in [3.63, 3.8) is 0 Å². The van der Waals surface area contributed by atoms with E-state index in [0.717, 1.165) is 34.2 Å². The Morgan fingerprint density at radius 2 is 0.962 bits per heavy atom. The second-order valence-corrected chi connectivity index (χ2v) is 5.66. The number of hydrogen-bond donors (Lipinski definition) is 2. The summed E-state index contributed by atoms with van der Waals surface area (Å²) in [4.78, 5) is 0. The van der Waals surface area contributed by atoms with Gasteiger partial charge in [-0.1, -0.05) is 6.07 Å². The second kappa shape index (κ2) is 7.77. The third-order valence-electron chi connectivity index (χ3n) is 4.09. The molecule has 0 fully saturated rings. The van der Waals surface area contributed by atoms with E-state index in [4.69, 9.17) is 21.2 Å². The Balaban J connectivity index is 1.84. The maximum Gasteiger partial charge on any atom is 0.119 e. The summed E-state index contributed by atoms with van der Waals surface area (Å²) in [5.41, 5.74) is 3.32. The van der Waals surface area contributed by atoms with Crippen LogP contribution in [0.2, 0.25) is 0 Å². The van der Waals surface area contributed by atoms with Crippen LogP contribution in [0, 0.1) is 0 Å². The van der Waals surface area contributed by atoms with Crippen LogP contribution in [0.4, 0.5) is 22.7 Å². The van der Waals surface area contributed by atoms with Crippen LogP contribution >= 0.6 is 0 Å². The Labute approximate surface area is 153 Å². The maximum absolute atomic E-state index is 6.27. The van der Waals surface area contributed by atoms with Crippen LogP contribution in [0.5, 0.6) is 11.5 Å². The van der Waals surface area contributed by atoms with Gasteiger partial charge in [-0.3, -0.25) is 10.0 Å². The van der Waals surface area contributed by atoms with Gasteiger partial charge in [0.15, 0.2) is 0 Å². The molecule has 0 saturated carbocycles. The molecule has 0 radical (unpaired) electrons. The van der Waals surface area contributed by atoms with E-state index in [1.165, 1.54) is 0 Å². The van der Waals surface area contributed by atoms with E-state index in [0.29, 0.717) is 0 Å². The molecule has 3 rings (SSSR count). The van der Waals surface area contributed by atoms with Crippen molar-refractivity contribution in [1.29, 1.82) is 0 Å². The Morgan fingerprint density at radius 3 is 1.31 bits per heavy atom. The lowest BCUT2D eigenvalue weighted by Gasteiger charge is -2.23. The van der Waals surface area contributed by atoms with Crippen molar-refractivity contribution < 1.29 is 9.47 Å². The van der Waals surface area contributed by atoms with Gasteiger partial charge in [-0.15, -0.1) is 0 Å². The zero-order chi connectivity index (χ0) is 18.5. The van der Waals surface area contributed by atoms with Crippen LogP contribution in [0.15, 0.2) is 72.8 Å². The average molecular weight is 350 g/mol. The molecule has 0 bridgehead atoms. The average Bonchev–Trinajstić information content (AvgIpc) is 2.73. The number of nitrogens with two attached hydrogens (primary N) is 2. The SMILES string of the molecule is COc1ccc(N(N)c2cccc(N(N)c3ccc(OC)cc3)c2)cc1. The highest BCUT2D eigenvalue weighted by Crippen LogP contribution is 2.30. The third kappa shape index (κ3) is 3.72. The quantitative estimate of drug-likeness (QED) is 0.521. The van der Waals surface area contributed by atoms with E-state index >= 15 is 0 Å². The summed E-state index contributed by atoms with van der Waals surface area (Å²) >= 11 is 0. The zero-order valence-corrected chi connectivity index (χ0v) is 14.8. The number of hydrazine groups is 2. The van der Waals surface area contributed by atoms with E-state index in [9.17, 15) is 0 Å². The summed E-state index contributed by atoms with van der Waals surface area (Å²) in [5, 5.41) is 3.20. The highest BCUT2D eigenvalue weighted by atomic mass is 16.5. The van der Waals surface area contributed by atoms with Crippen molar-refractivity contribution in [3.05, 3.63) is 72.8 Å². The smallest absolute Gasteiger partial charge is 0.119 e. The number of anilines is 4. The lowest BCUT2D eigenvalue weighted by molar-refractivity contribution is 0.414. The minimum Gasteiger partial charge on any atom is -0.497 e. The first-order valence-corrected chi connectivity index (χ1v) is 8.10. The highest BCUT2D eigenvalue weighted by molar-refractivity contribution is 5.70. The molecule has 0 atom stereocenters. The van der Waals surface area contributed by atoms with E-state index in [2.05, 4.69) is 0 Å². The standard InChI is InChI=1S/C20H22N4O2/c1-25-19-10-6-15(7-11-19)23(21)17-4-3-5-18(14-17)24(22)16-8-12-20(26-2)13-9-16/h3-14H,21-22H2,1-2H3. The van der Waals surface area contributed by atoms with Gasteiger partial charge in [0.1, 0.15) is 11.5 Å². The molecule has 6 heteroatoms. The van der Waals surface area contributed by atoms with E-state index in [1.54, 1.807) is 24.2 Å². The molecule has 0 heterocycles. The number of hydrogen-bond acceptors (Lipinski definition) is 6.